The zero-order valence-electron chi connectivity index (χ0n) is 18.2. The van der Waals surface area contributed by atoms with E-state index >= 15 is 0 Å². The van der Waals surface area contributed by atoms with Crippen LogP contribution in [0.25, 0.3) is 0 Å². The molecule has 1 heterocycles. The SMILES string of the molecule is CC1(C)/C(=C\C=C(C#N)C#N)N(CCOc2ccccc2)c2ccc(CCC(=O)O)cc21. The van der Waals surface area contributed by atoms with Crippen LogP contribution in [0, 0.1) is 22.7 Å². The molecular formula is C26H25N3O3. The topological polar surface area (TPSA) is 97.4 Å². The molecule has 0 amide bonds. The molecule has 2 aromatic carbocycles. The largest absolute Gasteiger partial charge is 0.492 e. The zero-order valence-corrected chi connectivity index (χ0v) is 18.2. The summed E-state index contributed by atoms with van der Waals surface area (Å²) < 4.78 is 5.90. The van der Waals surface area contributed by atoms with Crippen LogP contribution in [0.2, 0.25) is 0 Å². The normalized spacial score (nSPS) is 14.9. The fraction of sp³-hybridized carbons (Fsp3) is 0.269. The van der Waals surface area contributed by atoms with Crippen molar-refractivity contribution in [2.24, 2.45) is 0 Å². The summed E-state index contributed by atoms with van der Waals surface area (Å²) in [7, 11) is 0. The van der Waals surface area contributed by atoms with Gasteiger partial charge in [0.25, 0.3) is 0 Å². The fourth-order valence-corrected chi connectivity index (χ4v) is 3.90. The maximum Gasteiger partial charge on any atom is 0.303 e. The average Bonchev–Trinajstić information content (AvgIpc) is 3.00. The van der Waals surface area contributed by atoms with Crippen molar-refractivity contribution < 1.29 is 14.6 Å². The number of aliphatic carboxylic acids is 1. The molecule has 6 heteroatoms. The summed E-state index contributed by atoms with van der Waals surface area (Å²) in [6.45, 7) is 5.20. The summed E-state index contributed by atoms with van der Waals surface area (Å²) in [5.41, 5.74) is 3.64. The van der Waals surface area contributed by atoms with Crippen LogP contribution in [0.3, 0.4) is 0 Å². The lowest BCUT2D eigenvalue weighted by atomic mass is 9.82. The van der Waals surface area contributed by atoms with E-state index in [2.05, 4.69) is 24.8 Å². The second-order valence-electron chi connectivity index (χ2n) is 8.04. The molecule has 0 saturated carbocycles. The second-order valence-corrected chi connectivity index (χ2v) is 8.04. The molecule has 0 saturated heterocycles. The van der Waals surface area contributed by atoms with Crippen LogP contribution < -0.4 is 9.64 Å². The molecule has 1 aliphatic rings. The van der Waals surface area contributed by atoms with Crippen LogP contribution in [0.1, 0.15) is 31.4 Å². The predicted octanol–water partition coefficient (Wildman–Crippen LogP) is 4.74. The number of ether oxygens (including phenoxy) is 1. The average molecular weight is 428 g/mol. The van der Waals surface area contributed by atoms with Crippen LogP contribution in [0.4, 0.5) is 5.69 Å². The van der Waals surface area contributed by atoms with Crippen molar-refractivity contribution in [1.29, 1.82) is 10.5 Å². The van der Waals surface area contributed by atoms with E-state index in [-0.39, 0.29) is 12.0 Å². The number of anilines is 1. The Morgan fingerprint density at radius 2 is 1.88 bits per heavy atom. The first-order chi connectivity index (χ1) is 15.4. The van der Waals surface area contributed by atoms with E-state index in [1.165, 1.54) is 0 Å². The number of allylic oxidation sites excluding steroid dienone is 4. The maximum atomic E-state index is 11.0. The van der Waals surface area contributed by atoms with E-state index in [1.807, 2.05) is 60.7 Å². The number of carbonyl (C=O) groups is 1. The smallest absolute Gasteiger partial charge is 0.303 e. The van der Waals surface area contributed by atoms with Gasteiger partial charge in [0.05, 0.1) is 6.54 Å². The van der Waals surface area contributed by atoms with E-state index in [0.717, 1.165) is 28.3 Å². The first kappa shape index (κ1) is 22.7. The van der Waals surface area contributed by atoms with E-state index in [4.69, 9.17) is 20.4 Å². The molecule has 0 atom stereocenters. The Morgan fingerprint density at radius 3 is 2.53 bits per heavy atom. The minimum absolute atomic E-state index is 0.0342. The standard InChI is InChI=1S/C26H25N3O3/c1-26(2)22-16-19(10-13-25(30)31)8-11-23(22)29(24(26)12-9-20(17-27)18-28)14-15-32-21-6-4-3-5-7-21/h3-9,11-12,16H,10,13-15H2,1-2H3,(H,30,31)/b24-12+. The molecule has 0 aliphatic carbocycles. The molecule has 1 aliphatic heterocycles. The molecule has 0 unspecified atom stereocenters. The number of fused-ring (bicyclic) bond motifs is 1. The fourth-order valence-electron chi connectivity index (χ4n) is 3.90. The minimum atomic E-state index is -0.823. The molecule has 0 bridgehead atoms. The summed E-state index contributed by atoms with van der Waals surface area (Å²) in [4.78, 5) is 13.1. The molecule has 0 spiro atoms. The van der Waals surface area contributed by atoms with Crippen molar-refractivity contribution in [2.75, 3.05) is 18.1 Å². The molecule has 6 nitrogen and oxygen atoms in total. The van der Waals surface area contributed by atoms with Gasteiger partial charge >= 0.3 is 5.97 Å². The van der Waals surface area contributed by atoms with Gasteiger partial charge in [-0.1, -0.05) is 44.2 Å². The number of carboxylic acids is 1. The summed E-state index contributed by atoms with van der Waals surface area (Å²) >= 11 is 0. The van der Waals surface area contributed by atoms with Gasteiger partial charge in [-0.3, -0.25) is 4.79 Å². The molecule has 0 aromatic heterocycles. The van der Waals surface area contributed by atoms with Gasteiger partial charge in [0, 0.05) is 23.2 Å². The number of aryl methyl sites for hydroxylation is 1. The van der Waals surface area contributed by atoms with E-state index in [9.17, 15) is 4.79 Å². The van der Waals surface area contributed by atoms with Crippen LogP contribution >= 0.6 is 0 Å². The van der Waals surface area contributed by atoms with E-state index in [0.29, 0.717) is 19.6 Å². The molecule has 162 valence electrons. The molecule has 0 fully saturated rings. The molecule has 2 aromatic rings. The van der Waals surface area contributed by atoms with Gasteiger partial charge in [-0.15, -0.1) is 0 Å². The van der Waals surface area contributed by atoms with Gasteiger partial charge in [-0.05, 0) is 47.9 Å². The van der Waals surface area contributed by atoms with Crippen molar-refractivity contribution in [3.63, 3.8) is 0 Å². The Morgan fingerprint density at radius 1 is 1.16 bits per heavy atom. The number of nitriles is 2. The first-order valence-corrected chi connectivity index (χ1v) is 10.4. The molecular weight excluding hydrogens is 402 g/mol. The lowest BCUT2D eigenvalue weighted by Crippen LogP contribution is -2.29. The quantitative estimate of drug-likeness (QED) is 0.611. The third kappa shape index (κ3) is 4.99. The van der Waals surface area contributed by atoms with Crippen LogP contribution in [0.15, 0.2) is 72.0 Å². The number of para-hydroxylation sites is 1. The number of nitrogens with zero attached hydrogens (tertiary/aromatic N) is 3. The summed E-state index contributed by atoms with van der Waals surface area (Å²) in [5.74, 6) is -0.0347. The highest BCUT2D eigenvalue weighted by Gasteiger charge is 2.39. The molecule has 32 heavy (non-hydrogen) atoms. The van der Waals surface area contributed by atoms with Gasteiger partial charge in [0.2, 0.25) is 0 Å². The van der Waals surface area contributed by atoms with E-state index < -0.39 is 11.4 Å². The third-order valence-electron chi connectivity index (χ3n) is 5.56. The lowest BCUT2D eigenvalue weighted by Gasteiger charge is -2.27. The molecule has 3 rings (SSSR count). The van der Waals surface area contributed by atoms with Crippen molar-refractivity contribution in [1.82, 2.24) is 0 Å². The highest BCUT2D eigenvalue weighted by Crippen LogP contribution is 2.48. The number of carboxylic acid groups (broad SMARTS) is 1. The second kappa shape index (κ2) is 9.85. The van der Waals surface area contributed by atoms with Crippen molar-refractivity contribution in [2.45, 2.75) is 32.1 Å². The van der Waals surface area contributed by atoms with Crippen molar-refractivity contribution >= 4 is 11.7 Å². The van der Waals surface area contributed by atoms with Gasteiger partial charge in [0.1, 0.15) is 30.1 Å². The van der Waals surface area contributed by atoms with Gasteiger partial charge in [-0.2, -0.15) is 10.5 Å². The number of rotatable bonds is 8. The van der Waals surface area contributed by atoms with Gasteiger partial charge in [0.15, 0.2) is 0 Å². The van der Waals surface area contributed by atoms with Crippen LogP contribution in [-0.4, -0.2) is 24.2 Å². The zero-order chi connectivity index (χ0) is 23.1. The Hall–Kier alpha value is -4.03. The number of benzene rings is 2. The van der Waals surface area contributed by atoms with Crippen LogP contribution in [0.5, 0.6) is 5.75 Å². The van der Waals surface area contributed by atoms with Crippen molar-refractivity contribution in [3.05, 3.63) is 83.1 Å². The molecule has 1 N–H and O–H groups in total. The van der Waals surface area contributed by atoms with Crippen LogP contribution in [-0.2, 0) is 16.6 Å². The highest BCUT2D eigenvalue weighted by atomic mass is 16.5. The van der Waals surface area contributed by atoms with Gasteiger partial charge < -0.3 is 14.7 Å². The van der Waals surface area contributed by atoms with Crippen molar-refractivity contribution in [3.8, 4) is 17.9 Å². The first-order valence-electron chi connectivity index (χ1n) is 10.4. The third-order valence-corrected chi connectivity index (χ3v) is 5.56. The van der Waals surface area contributed by atoms with Gasteiger partial charge in [-0.25, -0.2) is 0 Å². The Bertz CT molecular complexity index is 1120. The number of hydrogen-bond acceptors (Lipinski definition) is 5. The predicted molar refractivity (Wildman–Crippen MR) is 122 cm³/mol. The summed E-state index contributed by atoms with van der Waals surface area (Å²) in [5, 5.41) is 27.3. The maximum absolute atomic E-state index is 11.0. The monoisotopic (exact) mass is 427 g/mol. The summed E-state index contributed by atoms with van der Waals surface area (Å²) in [6.07, 6.45) is 3.90. The minimum Gasteiger partial charge on any atom is -0.492 e. The Labute approximate surface area is 188 Å². The summed E-state index contributed by atoms with van der Waals surface area (Å²) in [6, 6.07) is 19.4. The Balaban J connectivity index is 1.94. The lowest BCUT2D eigenvalue weighted by molar-refractivity contribution is -0.136. The number of hydrogen-bond donors (Lipinski definition) is 1. The molecule has 0 radical (unpaired) electrons. The Kier molecular flexibility index (Phi) is 6.97. The highest BCUT2D eigenvalue weighted by molar-refractivity contribution is 5.72. The van der Waals surface area contributed by atoms with E-state index in [1.54, 1.807) is 6.08 Å².